The number of Topliss-reactive ketones (excluding diaryl/α,β-unsaturated/α-hetero) is 1. The lowest BCUT2D eigenvalue weighted by Gasteiger charge is -2.15. The number of carbonyl (C=O) groups is 2. The highest BCUT2D eigenvalue weighted by Crippen LogP contribution is 2.37. The normalized spacial score (nSPS) is 16.3. The summed E-state index contributed by atoms with van der Waals surface area (Å²) in [7, 11) is 0. The molecule has 3 aromatic heterocycles. The van der Waals surface area contributed by atoms with E-state index >= 15 is 4.39 Å². The number of ketones is 1. The van der Waals surface area contributed by atoms with Crippen molar-refractivity contribution in [2.45, 2.75) is 25.3 Å². The van der Waals surface area contributed by atoms with E-state index in [1.54, 1.807) is 6.92 Å². The second-order valence-electron chi connectivity index (χ2n) is 8.48. The molecule has 2 unspecified atom stereocenters. The fourth-order valence-electron chi connectivity index (χ4n) is 4.26. The third-order valence-corrected chi connectivity index (χ3v) is 6.31. The zero-order valence-corrected chi connectivity index (χ0v) is 20.3. The van der Waals surface area contributed by atoms with Gasteiger partial charge in [0.25, 0.3) is 5.56 Å². The first-order valence-electron chi connectivity index (χ1n) is 11.1. The highest BCUT2D eigenvalue weighted by Gasteiger charge is 2.37. The summed E-state index contributed by atoms with van der Waals surface area (Å²) in [5.41, 5.74) is 4.39. The smallest absolute Gasteiger partial charge is 0.329 e. The van der Waals surface area contributed by atoms with Gasteiger partial charge in [-0.2, -0.15) is 9.07 Å². The number of nitrogens with zero attached hydrogens (tertiary/aromatic N) is 7. The van der Waals surface area contributed by atoms with Gasteiger partial charge < -0.3 is 10.5 Å². The number of hydrogen-bond donors (Lipinski definition) is 1. The van der Waals surface area contributed by atoms with Crippen LogP contribution in [0.3, 0.4) is 0 Å². The Kier molecular flexibility index (Phi) is 6.40. The van der Waals surface area contributed by atoms with Crippen LogP contribution in [0.2, 0.25) is 5.02 Å². The number of rotatable bonds is 6. The van der Waals surface area contributed by atoms with Crippen molar-refractivity contribution in [1.82, 2.24) is 34.7 Å². The molecule has 0 bridgehead atoms. The number of fused-ring (bicyclic) bond motifs is 1. The summed E-state index contributed by atoms with van der Waals surface area (Å²) in [6, 6.07) is 5.13. The van der Waals surface area contributed by atoms with Gasteiger partial charge in [-0.1, -0.05) is 18.5 Å². The number of carbonyl (C=O) groups excluding carboxylic acids is 2. The van der Waals surface area contributed by atoms with Gasteiger partial charge in [0.1, 0.15) is 24.0 Å². The van der Waals surface area contributed by atoms with Gasteiger partial charge in [0, 0.05) is 12.0 Å². The van der Waals surface area contributed by atoms with Crippen molar-refractivity contribution in [2.24, 2.45) is 0 Å². The molecule has 4 heterocycles. The lowest BCUT2D eigenvalue weighted by atomic mass is 10.1. The van der Waals surface area contributed by atoms with Crippen LogP contribution in [0.4, 0.5) is 14.6 Å². The number of benzene rings is 1. The molecule has 2 N–H and O–H groups in total. The molecular formula is C23H17ClF2N8O4. The van der Waals surface area contributed by atoms with Crippen molar-refractivity contribution in [3.63, 3.8) is 0 Å². The van der Waals surface area contributed by atoms with E-state index in [-0.39, 0.29) is 40.0 Å². The summed E-state index contributed by atoms with van der Waals surface area (Å²) in [6.45, 7) is 0.956. The number of nitrogen functional groups attached to an aromatic ring is 1. The van der Waals surface area contributed by atoms with E-state index in [1.165, 1.54) is 29.2 Å². The Morgan fingerprint density at radius 3 is 2.71 bits per heavy atom. The molecule has 15 heteroatoms. The number of tetrazole rings is 1. The van der Waals surface area contributed by atoms with E-state index in [2.05, 4.69) is 25.5 Å². The summed E-state index contributed by atoms with van der Waals surface area (Å²) in [4.78, 5) is 46.2. The molecule has 1 aliphatic rings. The molecule has 0 radical (unpaired) electrons. The third kappa shape index (κ3) is 4.38. The van der Waals surface area contributed by atoms with Gasteiger partial charge in [0.05, 0.1) is 27.5 Å². The minimum absolute atomic E-state index is 0.0332. The standard InChI is InChI=1S/C23H17ClF2N8O4/c1-10-6-15(23(37)38-8-16(35)11-2-5-17(27)30-21(11)26)34-18(36)7-13(29-22(10)34)19-14(33-9-28-31-32-33)4-3-12(24)20(19)25/h2-5,7,9-10,15H,6,8H2,1H3,(H2,27,30). The Morgan fingerprint density at radius 2 is 2.00 bits per heavy atom. The monoisotopic (exact) mass is 542 g/mol. The molecular weight excluding hydrogens is 526 g/mol. The molecule has 0 fully saturated rings. The van der Waals surface area contributed by atoms with E-state index in [9.17, 15) is 18.8 Å². The van der Waals surface area contributed by atoms with Crippen LogP contribution < -0.4 is 11.3 Å². The van der Waals surface area contributed by atoms with Crippen molar-refractivity contribution in [1.29, 1.82) is 0 Å². The van der Waals surface area contributed by atoms with Gasteiger partial charge >= 0.3 is 5.97 Å². The lowest BCUT2D eigenvalue weighted by Crippen LogP contribution is -2.30. The van der Waals surface area contributed by atoms with Crippen LogP contribution in [-0.4, -0.2) is 53.1 Å². The molecule has 2 atom stereocenters. The topological polar surface area (TPSA) is 161 Å². The average molecular weight is 543 g/mol. The van der Waals surface area contributed by atoms with Crippen LogP contribution in [0.25, 0.3) is 16.9 Å². The van der Waals surface area contributed by atoms with Crippen molar-refractivity contribution < 1.29 is 23.1 Å². The number of halogens is 3. The Bertz CT molecular complexity index is 1640. The molecule has 4 aromatic rings. The Morgan fingerprint density at radius 1 is 1.21 bits per heavy atom. The molecule has 0 spiro atoms. The molecule has 0 saturated heterocycles. The van der Waals surface area contributed by atoms with Crippen LogP contribution in [-0.2, 0) is 9.53 Å². The van der Waals surface area contributed by atoms with Crippen LogP contribution in [0, 0.1) is 11.8 Å². The van der Waals surface area contributed by atoms with Gasteiger partial charge in [-0.3, -0.25) is 14.2 Å². The predicted octanol–water partition coefficient (Wildman–Crippen LogP) is 2.27. The van der Waals surface area contributed by atoms with E-state index in [1.807, 2.05) is 0 Å². The zero-order valence-electron chi connectivity index (χ0n) is 19.5. The van der Waals surface area contributed by atoms with Gasteiger partial charge in [0.2, 0.25) is 11.7 Å². The molecule has 0 aliphatic carbocycles. The Balaban J connectivity index is 1.45. The molecule has 0 saturated carbocycles. The number of anilines is 1. The van der Waals surface area contributed by atoms with Gasteiger partial charge in [-0.05, 0) is 41.1 Å². The number of hydrogen-bond acceptors (Lipinski definition) is 10. The van der Waals surface area contributed by atoms with Gasteiger partial charge in [-0.25, -0.2) is 19.2 Å². The Hall–Kier alpha value is -4.59. The van der Waals surface area contributed by atoms with E-state index in [4.69, 9.17) is 22.1 Å². The quantitative estimate of drug-likeness (QED) is 0.217. The summed E-state index contributed by atoms with van der Waals surface area (Å²) >= 11 is 6.00. The summed E-state index contributed by atoms with van der Waals surface area (Å²) in [5, 5.41) is 10.7. The van der Waals surface area contributed by atoms with Crippen LogP contribution >= 0.6 is 11.6 Å². The highest BCUT2D eigenvalue weighted by atomic mass is 35.5. The minimum atomic E-state index is -1.10. The van der Waals surface area contributed by atoms with Crippen molar-refractivity contribution >= 4 is 29.2 Å². The van der Waals surface area contributed by atoms with Gasteiger partial charge in [-0.15, -0.1) is 5.10 Å². The minimum Gasteiger partial charge on any atom is -0.456 e. The van der Waals surface area contributed by atoms with Crippen molar-refractivity contribution in [3.05, 3.63) is 75.2 Å². The fourth-order valence-corrected chi connectivity index (χ4v) is 4.42. The maximum atomic E-state index is 15.2. The molecule has 0 amide bonds. The average Bonchev–Trinajstić information content (AvgIpc) is 3.53. The first-order chi connectivity index (χ1) is 18.2. The molecule has 194 valence electrons. The summed E-state index contributed by atoms with van der Waals surface area (Å²) in [6.07, 6.45) is 1.38. The van der Waals surface area contributed by atoms with Crippen molar-refractivity contribution in [2.75, 3.05) is 12.3 Å². The number of ether oxygens (including phenoxy) is 1. The molecule has 12 nitrogen and oxygen atoms in total. The van der Waals surface area contributed by atoms with Gasteiger partial charge in [0.15, 0.2) is 12.4 Å². The third-order valence-electron chi connectivity index (χ3n) is 6.02. The molecule has 1 aliphatic heterocycles. The zero-order chi connectivity index (χ0) is 27.1. The number of pyridine rings is 1. The first kappa shape index (κ1) is 25.1. The Labute approximate surface area is 217 Å². The fraction of sp³-hybridized carbons (Fsp3) is 0.217. The van der Waals surface area contributed by atoms with Crippen LogP contribution in [0.15, 0.2) is 41.5 Å². The van der Waals surface area contributed by atoms with E-state index < -0.39 is 53.2 Å². The SMILES string of the molecule is CC1CC(C(=O)OCC(=O)c2ccc(N)nc2F)n2c1nc(-c1c(-n3cnnn3)ccc(Cl)c1F)cc2=O. The predicted molar refractivity (Wildman–Crippen MR) is 128 cm³/mol. The molecule has 38 heavy (non-hydrogen) atoms. The van der Waals surface area contributed by atoms with Crippen LogP contribution in [0.5, 0.6) is 0 Å². The maximum absolute atomic E-state index is 15.2. The number of nitrogens with two attached hydrogens (primary N) is 1. The highest BCUT2D eigenvalue weighted by molar-refractivity contribution is 6.31. The molecule has 1 aromatic carbocycles. The van der Waals surface area contributed by atoms with E-state index in [0.717, 1.165) is 16.7 Å². The first-order valence-corrected chi connectivity index (χ1v) is 11.5. The largest absolute Gasteiger partial charge is 0.456 e. The number of esters is 1. The second kappa shape index (κ2) is 9.70. The lowest BCUT2D eigenvalue weighted by molar-refractivity contribution is -0.146. The summed E-state index contributed by atoms with van der Waals surface area (Å²) < 4.78 is 36.5. The maximum Gasteiger partial charge on any atom is 0.329 e. The molecule has 5 rings (SSSR count). The summed E-state index contributed by atoms with van der Waals surface area (Å²) in [5.74, 6) is -3.95. The second-order valence-corrected chi connectivity index (χ2v) is 8.88. The number of aromatic nitrogens is 7. The van der Waals surface area contributed by atoms with Crippen molar-refractivity contribution in [3.8, 4) is 16.9 Å². The van der Waals surface area contributed by atoms with E-state index in [0.29, 0.717) is 0 Å². The van der Waals surface area contributed by atoms with Crippen LogP contribution in [0.1, 0.15) is 41.5 Å².